The second kappa shape index (κ2) is 6.24. The van der Waals surface area contributed by atoms with Gasteiger partial charge in [-0.15, -0.1) is 0 Å². The van der Waals surface area contributed by atoms with E-state index in [1.165, 1.54) is 5.57 Å². The van der Waals surface area contributed by atoms with Gasteiger partial charge in [0.2, 0.25) is 0 Å². The third kappa shape index (κ3) is 4.43. The van der Waals surface area contributed by atoms with Gasteiger partial charge in [0.25, 0.3) is 0 Å². The normalized spacial score (nSPS) is 24.4. The highest BCUT2D eigenvalue weighted by atomic mass is 16.3. The average molecular weight is 232 g/mol. The molecule has 0 bridgehead atoms. The predicted molar refractivity (Wildman–Crippen MR) is 70.7 cm³/mol. The lowest BCUT2D eigenvalue weighted by Crippen LogP contribution is -2.14. The summed E-state index contributed by atoms with van der Waals surface area (Å²) in [5.74, 6) is 0.647. The molecule has 0 amide bonds. The molecule has 1 unspecified atom stereocenters. The van der Waals surface area contributed by atoms with E-state index >= 15 is 0 Å². The average Bonchev–Trinajstić information content (AvgIpc) is 2.29. The summed E-state index contributed by atoms with van der Waals surface area (Å²) in [5, 5.41) is 8.95. The van der Waals surface area contributed by atoms with E-state index in [2.05, 4.69) is 26.2 Å². The molecule has 2 heteroatoms. The number of carbonyl (C=O) groups is 1. The summed E-state index contributed by atoms with van der Waals surface area (Å²) in [4.78, 5) is 10.7. The van der Waals surface area contributed by atoms with Crippen molar-refractivity contribution in [3.8, 4) is 0 Å². The number of aliphatic hydroxyl groups excluding tert-OH is 1. The van der Waals surface area contributed by atoms with Crippen LogP contribution in [0.15, 0.2) is 48.3 Å². The second-order valence-electron chi connectivity index (χ2n) is 4.71. The van der Waals surface area contributed by atoms with Crippen LogP contribution in [0.5, 0.6) is 0 Å². The van der Waals surface area contributed by atoms with Crippen molar-refractivity contribution in [2.75, 3.05) is 0 Å². The van der Waals surface area contributed by atoms with Crippen molar-refractivity contribution in [2.24, 2.45) is 11.8 Å². The van der Waals surface area contributed by atoms with E-state index in [-0.39, 0.29) is 11.7 Å². The Morgan fingerprint density at radius 2 is 2.24 bits per heavy atom. The fourth-order valence-corrected chi connectivity index (χ4v) is 2.10. The first-order valence-corrected chi connectivity index (χ1v) is 5.91. The summed E-state index contributed by atoms with van der Waals surface area (Å²) < 4.78 is 0. The van der Waals surface area contributed by atoms with E-state index < -0.39 is 0 Å². The number of hydrogen-bond acceptors (Lipinski definition) is 2. The Morgan fingerprint density at radius 1 is 1.53 bits per heavy atom. The minimum Gasteiger partial charge on any atom is -0.509 e. The smallest absolute Gasteiger partial charge is 0.123 e. The molecule has 2 nitrogen and oxygen atoms in total. The van der Waals surface area contributed by atoms with Gasteiger partial charge in [0, 0.05) is 5.92 Å². The van der Waals surface area contributed by atoms with Crippen molar-refractivity contribution >= 4 is 6.29 Å². The summed E-state index contributed by atoms with van der Waals surface area (Å²) >= 11 is 0. The molecule has 0 spiro atoms. The SMILES string of the molecule is C=C(O)/C=C\C(=C)CC1=CCC(C=O)C[C@H]1C. The molecule has 92 valence electrons. The topological polar surface area (TPSA) is 37.3 Å². The summed E-state index contributed by atoms with van der Waals surface area (Å²) in [7, 11) is 0. The van der Waals surface area contributed by atoms with Crippen LogP contribution in [0.25, 0.3) is 0 Å². The third-order valence-corrected chi connectivity index (χ3v) is 3.11. The Morgan fingerprint density at radius 3 is 2.76 bits per heavy atom. The van der Waals surface area contributed by atoms with Crippen molar-refractivity contribution in [1.82, 2.24) is 0 Å². The van der Waals surface area contributed by atoms with Gasteiger partial charge in [-0.3, -0.25) is 0 Å². The molecular formula is C15H20O2. The van der Waals surface area contributed by atoms with Crippen LogP contribution in [-0.4, -0.2) is 11.4 Å². The largest absolute Gasteiger partial charge is 0.509 e. The number of carbonyl (C=O) groups excluding carboxylic acids is 1. The molecule has 1 aliphatic rings. The molecule has 0 fully saturated rings. The molecule has 0 radical (unpaired) electrons. The predicted octanol–water partition coefficient (Wildman–Crippen LogP) is 3.73. The van der Waals surface area contributed by atoms with E-state index in [0.29, 0.717) is 5.92 Å². The Kier molecular flexibility index (Phi) is 4.95. The maximum atomic E-state index is 10.7. The second-order valence-corrected chi connectivity index (χ2v) is 4.71. The molecule has 0 heterocycles. The molecule has 0 aromatic carbocycles. The minimum absolute atomic E-state index is 0.0397. The summed E-state index contributed by atoms with van der Waals surface area (Å²) in [6.45, 7) is 9.47. The fraction of sp³-hybridized carbons (Fsp3) is 0.400. The van der Waals surface area contributed by atoms with Gasteiger partial charge in [-0.2, -0.15) is 0 Å². The molecule has 1 aliphatic carbocycles. The van der Waals surface area contributed by atoms with Crippen LogP contribution in [0.1, 0.15) is 26.2 Å². The quantitative estimate of drug-likeness (QED) is 0.339. The van der Waals surface area contributed by atoms with Gasteiger partial charge in [-0.05, 0) is 31.3 Å². The summed E-state index contributed by atoms with van der Waals surface area (Å²) in [5.41, 5.74) is 2.28. The highest BCUT2D eigenvalue weighted by molar-refractivity contribution is 5.54. The molecule has 0 aromatic rings. The van der Waals surface area contributed by atoms with Gasteiger partial charge in [-0.1, -0.05) is 43.4 Å². The summed E-state index contributed by atoms with van der Waals surface area (Å²) in [6, 6.07) is 0. The minimum atomic E-state index is 0.0397. The first-order valence-electron chi connectivity index (χ1n) is 5.91. The molecule has 17 heavy (non-hydrogen) atoms. The van der Waals surface area contributed by atoms with E-state index in [0.717, 1.165) is 31.1 Å². The molecule has 0 aliphatic heterocycles. The van der Waals surface area contributed by atoms with Gasteiger partial charge >= 0.3 is 0 Å². The molecule has 1 rings (SSSR count). The highest BCUT2D eigenvalue weighted by Crippen LogP contribution is 2.31. The van der Waals surface area contributed by atoms with Crippen molar-refractivity contribution in [1.29, 1.82) is 0 Å². The van der Waals surface area contributed by atoms with E-state index in [4.69, 9.17) is 5.11 Å². The monoisotopic (exact) mass is 232 g/mol. The van der Waals surface area contributed by atoms with Crippen molar-refractivity contribution < 1.29 is 9.90 Å². The third-order valence-electron chi connectivity index (χ3n) is 3.11. The molecule has 0 aromatic heterocycles. The Hall–Kier alpha value is -1.57. The lowest BCUT2D eigenvalue weighted by molar-refractivity contribution is -0.111. The zero-order chi connectivity index (χ0) is 12.8. The number of aldehydes is 1. The highest BCUT2D eigenvalue weighted by Gasteiger charge is 2.20. The fourth-order valence-electron chi connectivity index (χ4n) is 2.10. The molecule has 2 atom stereocenters. The van der Waals surface area contributed by atoms with Crippen LogP contribution in [0, 0.1) is 11.8 Å². The van der Waals surface area contributed by atoms with Crippen LogP contribution < -0.4 is 0 Å². The lowest BCUT2D eigenvalue weighted by Gasteiger charge is -2.24. The zero-order valence-corrected chi connectivity index (χ0v) is 10.4. The van der Waals surface area contributed by atoms with Crippen molar-refractivity contribution in [2.45, 2.75) is 26.2 Å². The van der Waals surface area contributed by atoms with Gasteiger partial charge < -0.3 is 9.90 Å². The van der Waals surface area contributed by atoms with Crippen LogP contribution >= 0.6 is 0 Å². The first-order chi connectivity index (χ1) is 8.02. The van der Waals surface area contributed by atoms with Crippen LogP contribution in [0.2, 0.25) is 0 Å². The van der Waals surface area contributed by atoms with Crippen molar-refractivity contribution in [3.05, 3.63) is 48.3 Å². The number of hydrogen-bond donors (Lipinski definition) is 1. The van der Waals surface area contributed by atoms with Crippen LogP contribution in [-0.2, 0) is 4.79 Å². The first kappa shape index (κ1) is 13.5. The molecule has 0 saturated heterocycles. The van der Waals surface area contributed by atoms with Gasteiger partial charge in [0.1, 0.15) is 12.0 Å². The maximum absolute atomic E-state index is 10.7. The van der Waals surface area contributed by atoms with Crippen LogP contribution in [0.4, 0.5) is 0 Å². The Labute approximate surface area is 103 Å². The summed E-state index contributed by atoms with van der Waals surface area (Å²) in [6.07, 6.45) is 9.10. The number of allylic oxidation sites excluding steroid dienone is 5. The number of aliphatic hydroxyl groups is 1. The lowest BCUT2D eigenvalue weighted by atomic mass is 9.80. The van der Waals surface area contributed by atoms with E-state index in [1.54, 1.807) is 12.2 Å². The van der Waals surface area contributed by atoms with Gasteiger partial charge in [-0.25, -0.2) is 0 Å². The van der Waals surface area contributed by atoms with Gasteiger partial charge in [0.15, 0.2) is 0 Å². The Bertz CT molecular complexity index is 374. The van der Waals surface area contributed by atoms with Gasteiger partial charge in [0.05, 0.1) is 0 Å². The zero-order valence-electron chi connectivity index (χ0n) is 10.4. The van der Waals surface area contributed by atoms with E-state index in [9.17, 15) is 4.79 Å². The molecule has 0 saturated carbocycles. The molecular weight excluding hydrogens is 212 g/mol. The number of rotatable bonds is 5. The molecule has 1 N–H and O–H groups in total. The van der Waals surface area contributed by atoms with E-state index in [1.807, 2.05) is 0 Å². The standard InChI is InChI=1S/C15H20O2/c1-11(4-5-13(3)17)8-15-7-6-14(10-16)9-12(15)2/h4-5,7,10,12,14,17H,1,3,6,8-9H2,2H3/b5-4-/t12-,14?/m1/s1. The Balaban J connectivity index is 2.57. The van der Waals surface area contributed by atoms with Crippen molar-refractivity contribution in [3.63, 3.8) is 0 Å². The van der Waals surface area contributed by atoms with Crippen LogP contribution in [0.3, 0.4) is 0 Å². The maximum Gasteiger partial charge on any atom is 0.123 e.